The molecule has 2 rings (SSSR count). The van der Waals surface area contributed by atoms with Gasteiger partial charge in [0.25, 0.3) is 0 Å². The van der Waals surface area contributed by atoms with Crippen LogP contribution in [0.1, 0.15) is 10.4 Å². The van der Waals surface area contributed by atoms with Gasteiger partial charge in [-0.05, 0) is 46.3 Å². The summed E-state index contributed by atoms with van der Waals surface area (Å²) in [5.74, 6) is -0.972. The van der Waals surface area contributed by atoms with Gasteiger partial charge in [-0.1, -0.05) is 11.8 Å². The van der Waals surface area contributed by atoms with E-state index in [1.165, 1.54) is 17.8 Å². The average Bonchev–Trinajstić information content (AvgIpc) is 2.34. The second-order valence-corrected chi connectivity index (χ2v) is 5.45. The monoisotopic (exact) mass is 324 g/mol. The Morgan fingerprint density at radius 2 is 2.11 bits per heavy atom. The Labute approximate surface area is 116 Å². The third-order valence-corrected chi connectivity index (χ3v) is 3.67. The lowest BCUT2D eigenvalue weighted by Crippen LogP contribution is -1.98. The fourth-order valence-electron chi connectivity index (χ4n) is 1.29. The number of nitrogens with zero attached hydrogens (tertiary/aromatic N) is 1. The Kier molecular flexibility index (Phi) is 3.88. The number of carboxylic acid groups (broad SMARTS) is 1. The van der Waals surface area contributed by atoms with E-state index in [1.807, 2.05) is 12.1 Å². The number of pyridine rings is 1. The lowest BCUT2D eigenvalue weighted by Gasteiger charge is -2.06. The van der Waals surface area contributed by atoms with Crippen LogP contribution in [-0.2, 0) is 0 Å². The van der Waals surface area contributed by atoms with Crippen LogP contribution in [0.15, 0.2) is 50.9 Å². The molecule has 6 heteroatoms. The van der Waals surface area contributed by atoms with Crippen LogP contribution in [0.3, 0.4) is 0 Å². The van der Waals surface area contributed by atoms with Gasteiger partial charge in [0, 0.05) is 21.3 Å². The van der Waals surface area contributed by atoms with E-state index in [0.717, 1.165) is 9.50 Å². The molecule has 3 N–H and O–H groups in total. The van der Waals surface area contributed by atoms with Crippen molar-refractivity contribution in [3.63, 3.8) is 0 Å². The highest BCUT2D eigenvalue weighted by atomic mass is 79.9. The van der Waals surface area contributed by atoms with E-state index in [9.17, 15) is 4.79 Å². The summed E-state index contributed by atoms with van der Waals surface area (Å²) in [5.41, 5.74) is 6.57. The summed E-state index contributed by atoms with van der Waals surface area (Å²) in [5, 5.41) is 9.69. The van der Waals surface area contributed by atoms with Crippen LogP contribution in [-0.4, -0.2) is 16.1 Å². The van der Waals surface area contributed by atoms with E-state index in [0.29, 0.717) is 10.6 Å². The van der Waals surface area contributed by atoms with E-state index >= 15 is 0 Å². The summed E-state index contributed by atoms with van der Waals surface area (Å²) in [4.78, 5) is 15.8. The van der Waals surface area contributed by atoms with E-state index in [1.54, 1.807) is 18.3 Å². The molecular formula is C12H9BrN2O2S. The molecule has 0 amide bonds. The third kappa shape index (κ3) is 3.02. The van der Waals surface area contributed by atoms with Crippen molar-refractivity contribution in [3.8, 4) is 0 Å². The maximum atomic E-state index is 10.9. The fourth-order valence-corrected chi connectivity index (χ4v) is 2.36. The Morgan fingerprint density at radius 3 is 2.72 bits per heavy atom. The molecule has 0 atom stereocenters. The zero-order valence-electron chi connectivity index (χ0n) is 9.13. The predicted octanol–water partition coefficient (Wildman–Crippen LogP) is 3.28. The number of aromatic nitrogens is 1. The molecule has 0 saturated heterocycles. The molecule has 0 unspecified atom stereocenters. The van der Waals surface area contributed by atoms with Gasteiger partial charge in [0.15, 0.2) is 0 Å². The highest BCUT2D eigenvalue weighted by Crippen LogP contribution is 2.31. The number of nitrogen functional groups attached to an aromatic ring is 1. The number of benzene rings is 1. The number of hydrogen-bond donors (Lipinski definition) is 2. The minimum atomic E-state index is -0.972. The predicted molar refractivity (Wildman–Crippen MR) is 73.9 cm³/mol. The van der Waals surface area contributed by atoms with E-state index in [-0.39, 0.29) is 5.56 Å². The van der Waals surface area contributed by atoms with Crippen LogP contribution in [0.4, 0.5) is 5.69 Å². The van der Waals surface area contributed by atoms with Gasteiger partial charge in [0.1, 0.15) is 5.03 Å². The lowest BCUT2D eigenvalue weighted by atomic mass is 10.2. The summed E-state index contributed by atoms with van der Waals surface area (Å²) in [6.45, 7) is 0. The van der Waals surface area contributed by atoms with Crippen molar-refractivity contribution < 1.29 is 9.90 Å². The van der Waals surface area contributed by atoms with E-state index in [2.05, 4.69) is 20.9 Å². The molecular weight excluding hydrogens is 316 g/mol. The van der Waals surface area contributed by atoms with Gasteiger partial charge in [-0.15, -0.1) is 0 Å². The Bertz CT molecular complexity index is 587. The largest absolute Gasteiger partial charge is 0.478 e. The molecule has 0 aliphatic rings. The molecule has 18 heavy (non-hydrogen) atoms. The molecule has 1 aromatic carbocycles. The number of aromatic carboxylic acids is 1. The van der Waals surface area contributed by atoms with Crippen molar-refractivity contribution in [1.29, 1.82) is 0 Å². The minimum absolute atomic E-state index is 0.212. The second-order valence-electron chi connectivity index (χ2n) is 3.47. The van der Waals surface area contributed by atoms with Crippen LogP contribution < -0.4 is 5.73 Å². The first-order valence-corrected chi connectivity index (χ1v) is 6.59. The third-order valence-electron chi connectivity index (χ3n) is 2.18. The maximum Gasteiger partial charge on any atom is 0.335 e. The van der Waals surface area contributed by atoms with Gasteiger partial charge in [-0.2, -0.15) is 0 Å². The van der Waals surface area contributed by atoms with Gasteiger partial charge in [0.2, 0.25) is 0 Å². The minimum Gasteiger partial charge on any atom is -0.478 e. The van der Waals surface area contributed by atoms with Crippen molar-refractivity contribution >= 4 is 39.3 Å². The van der Waals surface area contributed by atoms with Crippen molar-refractivity contribution in [2.75, 3.05) is 5.73 Å². The summed E-state index contributed by atoms with van der Waals surface area (Å²) < 4.78 is 0.888. The fraction of sp³-hybridized carbons (Fsp3) is 0. The summed E-state index contributed by atoms with van der Waals surface area (Å²) >= 11 is 4.64. The standard InChI is InChI=1S/C12H9BrN2O2S/c13-8-2-4-11(15-6-8)18-10-5-7(12(16)17)1-3-9(10)14/h1-6H,14H2,(H,16,17). The molecule has 0 radical (unpaired) electrons. The molecule has 1 heterocycles. The number of anilines is 1. The van der Waals surface area contributed by atoms with Crippen LogP contribution in [0.25, 0.3) is 0 Å². The van der Waals surface area contributed by atoms with Crippen LogP contribution in [0.2, 0.25) is 0 Å². The van der Waals surface area contributed by atoms with E-state index in [4.69, 9.17) is 10.8 Å². The van der Waals surface area contributed by atoms with Gasteiger partial charge in [-0.3, -0.25) is 0 Å². The van der Waals surface area contributed by atoms with Crippen molar-refractivity contribution in [2.45, 2.75) is 9.92 Å². The number of nitrogens with two attached hydrogens (primary N) is 1. The van der Waals surface area contributed by atoms with Gasteiger partial charge >= 0.3 is 5.97 Å². The average molecular weight is 325 g/mol. The first-order valence-electron chi connectivity index (χ1n) is 4.98. The quantitative estimate of drug-likeness (QED) is 0.847. The normalized spacial score (nSPS) is 10.3. The topological polar surface area (TPSA) is 76.2 Å². The van der Waals surface area contributed by atoms with Crippen LogP contribution in [0.5, 0.6) is 0 Å². The molecule has 0 aliphatic carbocycles. The number of carbonyl (C=O) groups is 1. The zero-order valence-corrected chi connectivity index (χ0v) is 11.5. The molecule has 0 aliphatic heterocycles. The first-order chi connectivity index (χ1) is 8.56. The number of halogens is 1. The second kappa shape index (κ2) is 5.41. The molecule has 92 valence electrons. The van der Waals surface area contributed by atoms with Crippen molar-refractivity contribution in [3.05, 3.63) is 46.6 Å². The van der Waals surface area contributed by atoms with Crippen LogP contribution >= 0.6 is 27.7 Å². The molecule has 0 bridgehead atoms. The molecule has 0 spiro atoms. The van der Waals surface area contributed by atoms with Crippen LogP contribution in [0, 0.1) is 0 Å². The summed E-state index contributed by atoms with van der Waals surface area (Å²) in [7, 11) is 0. The summed E-state index contributed by atoms with van der Waals surface area (Å²) in [6, 6.07) is 8.32. The number of hydrogen-bond acceptors (Lipinski definition) is 4. The highest BCUT2D eigenvalue weighted by molar-refractivity contribution is 9.10. The lowest BCUT2D eigenvalue weighted by molar-refractivity contribution is 0.0696. The molecule has 0 fully saturated rings. The highest BCUT2D eigenvalue weighted by Gasteiger charge is 2.08. The Morgan fingerprint density at radius 1 is 1.33 bits per heavy atom. The van der Waals surface area contributed by atoms with Crippen molar-refractivity contribution in [2.24, 2.45) is 0 Å². The zero-order chi connectivity index (χ0) is 13.1. The van der Waals surface area contributed by atoms with Gasteiger partial charge in [0.05, 0.1) is 5.56 Å². The van der Waals surface area contributed by atoms with E-state index < -0.39 is 5.97 Å². The van der Waals surface area contributed by atoms with Gasteiger partial charge in [-0.25, -0.2) is 9.78 Å². The Hall–Kier alpha value is -1.53. The maximum absolute atomic E-state index is 10.9. The molecule has 0 saturated carbocycles. The molecule has 1 aromatic heterocycles. The number of rotatable bonds is 3. The Balaban J connectivity index is 2.30. The first kappa shape index (κ1) is 12.9. The molecule has 4 nitrogen and oxygen atoms in total. The summed E-state index contributed by atoms with van der Waals surface area (Å²) in [6.07, 6.45) is 1.68. The SMILES string of the molecule is Nc1ccc(C(=O)O)cc1Sc1ccc(Br)cn1. The van der Waals surface area contributed by atoms with Gasteiger partial charge < -0.3 is 10.8 Å². The number of carboxylic acids is 1. The van der Waals surface area contributed by atoms with Crippen molar-refractivity contribution in [1.82, 2.24) is 4.98 Å². The molecule has 2 aromatic rings. The smallest absolute Gasteiger partial charge is 0.335 e.